The lowest BCUT2D eigenvalue weighted by Crippen LogP contribution is -2.53. The number of likely N-dealkylation sites (N-methyl/N-ethyl adjacent to an activating group) is 1. The predicted molar refractivity (Wildman–Crippen MR) is 515 cm³/mol. The third-order valence-corrected chi connectivity index (χ3v) is 25.6. The summed E-state index contributed by atoms with van der Waals surface area (Å²) in [5, 5.41) is 49.2. The Morgan fingerprint density at radius 2 is 0.767 bits per heavy atom. The van der Waals surface area contributed by atoms with Crippen LogP contribution in [0.1, 0.15) is 174 Å². The van der Waals surface area contributed by atoms with Gasteiger partial charge in [0.15, 0.2) is 0 Å². The number of aromatic hydroxyl groups is 4. The van der Waals surface area contributed by atoms with Gasteiger partial charge in [-0.2, -0.15) is 0 Å². The molecule has 1 aliphatic carbocycles. The highest BCUT2D eigenvalue weighted by Gasteiger charge is 2.27. The molecular formula is C106H127Cl2F2N15O4. The highest BCUT2D eigenvalue weighted by molar-refractivity contribution is 6.32. The van der Waals surface area contributed by atoms with Crippen LogP contribution in [0.15, 0.2) is 219 Å². The van der Waals surface area contributed by atoms with Crippen LogP contribution in [-0.4, -0.2) is 169 Å². The predicted octanol–water partition coefficient (Wildman–Crippen LogP) is 20.4. The van der Waals surface area contributed by atoms with Gasteiger partial charge in [0.2, 0.25) is 0 Å². The fraction of sp³-hybridized carbons (Fsp3) is 0.396. The Labute approximate surface area is 771 Å². The number of nitrogens with zero attached hydrogens (tertiary/aromatic N) is 12. The third kappa shape index (κ3) is 29.5. The van der Waals surface area contributed by atoms with E-state index in [-0.39, 0.29) is 28.9 Å². The van der Waals surface area contributed by atoms with Crippen LogP contribution in [0.4, 0.5) is 8.78 Å². The number of benzene rings is 8. The zero-order valence-electron chi connectivity index (χ0n) is 75.6. The molecule has 0 radical (unpaired) electrons. The molecule has 3 aliphatic heterocycles. The Bertz CT molecular complexity index is 5510. The topological polar surface area (TPSA) is 233 Å². The summed E-state index contributed by atoms with van der Waals surface area (Å²) in [7, 11) is 0. The smallest absolute Gasteiger partial charge is 0.134 e. The molecule has 8 aromatic carbocycles. The van der Waals surface area contributed by atoms with Crippen molar-refractivity contribution >= 4 is 23.2 Å². The number of aryl methyl sites for hydroxylation is 8. The molecule has 7 N–H and O–H groups in total. The molecule has 0 spiro atoms. The van der Waals surface area contributed by atoms with Gasteiger partial charge in [-0.3, -0.25) is 19.6 Å². The molecule has 7 heterocycles. The lowest BCUT2D eigenvalue weighted by Gasteiger charge is -2.37. The average molecular weight is 1780 g/mol. The summed E-state index contributed by atoms with van der Waals surface area (Å²) >= 11 is 12.0. The molecule has 4 aromatic heterocycles. The van der Waals surface area contributed by atoms with Crippen LogP contribution in [0.3, 0.4) is 0 Å². The number of nitrogens with one attached hydrogen (secondary N) is 3. The first-order chi connectivity index (χ1) is 62.7. The number of phenolic OH excluding ortho intramolecular Hbond substituents is 4. The molecule has 1 unspecified atom stereocenters. The number of aromatic nitrogens is 8. The van der Waals surface area contributed by atoms with E-state index < -0.39 is 0 Å². The highest BCUT2D eigenvalue weighted by Crippen LogP contribution is 2.32. The highest BCUT2D eigenvalue weighted by atomic mass is 35.5. The van der Waals surface area contributed by atoms with Crippen LogP contribution in [0.25, 0.3) is 45.0 Å². The number of phenols is 4. The third-order valence-electron chi connectivity index (χ3n) is 25.0. The number of halogens is 4. The molecule has 5 atom stereocenters. The van der Waals surface area contributed by atoms with Crippen LogP contribution in [-0.2, 0) is 77.5 Å². The van der Waals surface area contributed by atoms with E-state index in [1.165, 1.54) is 66.8 Å². The summed E-state index contributed by atoms with van der Waals surface area (Å²) in [5.41, 5.74) is 15.9. The van der Waals surface area contributed by atoms with Gasteiger partial charge in [-0.15, -0.1) is 0 Å². The maximum Gasteiger partial charge on any atom is 0.134 e. The van der Waals surface area contributed by atoms with E-state index in [4.69, 9.17) is 33.2 Å². The Balaban J connectivity index is 0.000000147. The fourth-order valence-corrected chi connectivity index (χ4v) is 18.0. The van der Waals surface area contributed by atoms with Crippen molar-refractivity contribution in [2.75, 3.05) is 52.4 Å². The Morgan fingerprint density at radius 3 is 1.16 bits per heavy atom. The molecule has 3 saturated heterocycles. The Hall–Kier alpha value is -10.6. The minimum atomic E-state index is -0.274. The number of hydrogen-bond donors (Lipinski definition) is 7. The summed E-state index contributed by atoms with van der Waals surface area (Å²) in [6, 6.07) is 64.2. The van der Waals surface area contributed by atoms with E-state index in [1.54, 1.807) is 73.1 Å². The summed E-state index contributed by atoms with van der Waals surface area (Å²) in [4.78, 5) is 46.8. The lowest BCUT2D eigenvalue weighted by atomic mass is 9.93. The maximum atomic E-state index is 14.7. The van der Waals surface area contributed by atoms with Crippen LogP contribution in [0, 0.1) is 11.6 Å². The molecule has 23 heteroatoms. The Kier molecular flexibility index (Phi) is 36.4. The summed E-state index contributed by atoms with van der Waals surface area (Å²) in [5.74, 6) is 3.41. The summed E-state index contributed by atoms with van der Waals surface area (Å²) in [6.07, 6.45) is 25.3. The van der Waals surface area contributed by atoms with Gasteiger partial charge in [0.1, 0.15) is 57.9 Å². The fourth-order valence-electron chi connectivity index (χ4n) is 17.6. The molecule has 0 bridgehead atoms. The number of hydrogen-bond acceptors (Lipinski definition) is 19. The van der Waals surface area contributed by atoms with Crippen LogP contribution in [0.5, 0.6) is 23.0 Å². The van der Waals surface area contributed by atoms with Crippen molar-refractivity contribution in [2.24, 2.45) is 0 Å². The second-order valence-corrected chi connectivity index (χ2v) is 35.8. The van der Waals surface area contributed by atoms with E-state index in [0.717, 1.165) is 211 Å². The second-order valence-electron chi connectivity index (χ2n) is 35.0. The first-order valence-corrected chi connectivity index (χ1v) is 47.1. The van der Waals surface area contributed by atoms with Gasteiger partial charge in [0.25, 0.3) is 0 Å². The SMILES string of the molecule is CCN(Cc1cccc(-c2ccnc(CCCc3ccc(O)c(Cl)c3)n2)c1)C1CCNC1.CCN(Cc1cccc(-c2ccnc(CCCc3ccc(O)cc3)n2)c1)C1CCCCC1.C[C@@H]1CN(Cc2ccc(F)c(-c3ccnc(CCCc4ccc(O)c(Cl)c4)n3)c2)[C@@H](C)CN1.C[C@H]1CN(Cc2ccc(F)c(-c3ccnc(CCCc4ccc(O)cc4)n3)c2)[C@@H](C)CN1. The van der Waals surface area contributed by atoms with Gasteiger partial charge in [-0.1, -0.05) is 141 Å². The van der Waals surface area contributed by atoms with E-state index >= 15 is 0 Å². The van der Waals surface area contributed by atoms with E-state index in [1.807, 2.05) is 91.3 Å². The molecular weight excluding hydrogens is 1660 g/mol. The summed E-state index contributed by atoms with van der Waals surface area (Å²) in [6.45, 7) is 25.1. The molecule has 16 rings (SSSR count). The van der Waals surface area contributed by atoms with Crippen LogP contribution < -0.4 is 16.0 Å². The lowest BCUT2D eigenvalue weighted by molar-refractivity contribution is 0.139. The maximum absolute atomic E-state index is 14.7. The minimum Gasteiger partial charge on any atom is -0.508 e. The zero-order valence-corrected chi connectivity index (χ0v) is 77.1. The van der Waals surface area contributed by atoms with Crippen molar-refractivity contribution in [3.05, 3.63) is 308 Å². The Morgan fingerprint density at radius 1 is 0.388 bits per heavy atom. The van der Waals surface area contributed by atoms with Crippen LogP contribution in [0.2, 0.25) is 10.0 Å². The monoisotopic (exact) mass is 1780 g/mol. The van der Waals surface area contributed by atoms with Gasteiger partial charge in [-0.25, -0.2) is 48.7 Å². The van der Waals surface area contributed by atoms with Gasteiger partial charge in [0.05, 0.1) is 32.8 Å². The largest absolute Gasteiger partial charge is 0.508 e. The quantitative estimate of drug-likeness (QED) is 0.0208. The second kappa shape index (κ2) is 48.9. The molecule has 4 aliphatic rings. The van der Waals surface area contributed by atoms with Gasteiger partial charge < -0.3 is 36.4 Å². The molecule has 12 aromatic rings. The molecule has 1 saturated carbocycles. The standard InChI is InChI=1S/C28H35N3O.C26H30ClFN4O.C26H31ClN4O.C26H31FN4O/c1-2-31(25-11-4-3-5-12-25)21-23-9-6-10-24(20-23)27-18-19-29-28(30-27)13-7-8-22-14-16-26(32)17-15-22;1-17-15-32(18(2)14-30-17)16-20-6-8-23(28)21(12-20)24-10-11-29-26(31-24)5-3-4-19-7-9-25(33)22(27)13-19;1-2-31(22-11-13-28-17-22)18-20-6-3-7-21(15-20)24-12-14-29-26(30-24)8-4-5-19-9-10-25(32)23(27)16-19;1-18-16-31(19(2)15-29-18)17-21-8-11-24(27)23(14-21)25-12-13-28-26(30-25)5-3-4-20-6-9-22(32)10-7-20/h6,9-10,14-20,25,32H,2-5,7-8,11-13,21H2,1H3;6-13,17-18,30,33H,3-5,14-16H2,1-2H3;3,6-7,9-10,12,14-16,22,28,32H,2,4-5,8,11,13,17-18H2,1H3;6-14,18-19,29,32H,3-5,15-17H2,1-2H3/t;17-,18+;;18-,19-/m.1.0/s1. The molecule has 4 fully saturated rings. The van der Waals surface area contributed by atoms with E-state index in [2.05, 4.69) is 156 Å². The van der Waals surface area contributed by atoms with E-state index in [0.29, 0.717) is 87.2 Å². The number of rotatable bonds is 32. The molecule has 19 nitrogen and oxygen atoms in total. The normalized spacial score (nSPS) is 17.3. The number of piperazine rings is 2. The van der Waals surface area contributed by atoms with E-state index in [9.17, 15) is 29.2 Å². The van der Waals surface area contributed by atoms with Crippen molar-refractivity contribution in [2.45, 2.75) is 220 Å². The van der Waals surface area contributed by atoms with Crippen molar-refractivity contribution in [1.82, 2.24) is 75.4 Å². The van der Waals surface area contributed by atoms with Crippen molar-refractivity contribution in [3.8, 4) is 68.0 Å². The van der Waals surface area contributed by atoms with Crippen molar-refractivity contribution < 1.29 is 29.2 Å². The van der Waals surface area contributed by atoms with Gasteiger partial charge in [-0.05, 0) is 272 Å². The van der Waals surface area contributed by atoms with Crippen LogP contribution >= 0.6 is 23.2 Å². The van der Waals surface area contributed by atoms with Crippen molar-refractivity contribution in [1.29, 1.82) is 0 Å². The summed E-state index contributed by atoms with van der Waals surface area (Å²) < 4.78 is 29.4. The first-order valence-electron chi connectivity index (χ1n) is 46.4. The molecule has 678 valence electrons. The van der Waals surface area contributed by atoms with Gasteiger partial charge in [0, 0.05) is 168 Å². The first kappa shape index (κ1) is 96.0. The molecule has 129 heavy (non-hydrogen) atoms. The average Bonchev–Trinajstić information content (AvgIpc) is 1.27. The zero-order chi connectivity index (χ0) is 90.4. The van der Waals surface area contributed by atoms with Crippen molar-refractivity contribution in [3.63, 3.8) is 0 Å². The minimum absolute atomic E-state index is 0.0848. The van der Waals surface area contributed by atoms with Gasteiger partial charge >= 0.3 is 0 Å². The molecule has 0 amide bonds.